The number of pyridine rings is 1. The summed E-state index contributed by atoms with van der Waals surface area (Å²) in [6.45, 7) is 3.97. The molecule has 1 atom stereocenters. The number of hydrogen-bond acceptors (Lipinski definition) is 4. The summed E-state index contributed by atoms with van der Waals surface area (Å²) in [6.07, 6.45) is 5.55. The van der Waals surface area contributed by atoms with E-state index < -0.39 is 5.60 Å². The van der Waals surface area contributed by atoms with E-state index in [9.17, 15) is 4.79 Å². The minimum Gasteiger partial charge on any atom is -0.494 e. The maximum absolute atomic E-state index is 12.8. The van der Waals surface area contributed by atoms with Gasteiger partial charge in [0.2, 0.25) is 0 Å². The van der Waals surface area contributed by atoms with Gasteiger partial charge in [-0.2, -0.15) is 0 Å². The van der Waals surface area contributed by atoms with E-state index in [0.29, 0.717) is 17.9 Å². The molecule has 0 aliphatic carbocycles. The first-order valence-electron chi connectivity index (χ1n) is 8.34. The van der Waals surface area contributed by atoms with Crippen LogP contribution < -0.4 is 10.1 Å². The molecule has 1 N–H and O–H groups in total. The van der Waals surface area contributed by atoms with Crippen LogP contribution in [0.5, 0.6) is 5.75 Å². The number of carbonyl (C=O) groups is 1. The topological polar surface area (TPSA) is 60.5 Å². The van der Waals surface area contributed by atoms with Crippen LogP contribution in [-0.2, 0) is 9.53 Å². The lowest BCUT2D eigenvalue weighted by atomic mass is 9.96. The Morgan fingerprint density at radius 2 is 2.04 bits per heavy atom. The number of ether oxygens (including phenoxy) is 2. The second-order valence-electron chi connectivity index (χ2n) is 6.06. The first kappa shape index (κ1) is 18.2. The standard InChI is InChI=1S/C19H26N2O3/c1-5-6-7-12-19(2,24-4)18(22)21-15-10-11-16(23-3)17-14(15)9-8-13-20-17/h8-11,13H,5-7,12H2,1-4H3,(H,21,22). The predicted octanol–water partition coefficient (Wildman–Crippen LogP) is 4.17. The van der Waals surface area contributed by atoms with Crippen molar-refractivity contribution >= 4 is 22.5 Å². The Morgan fingerprint density at radius 1 is 1.25 bits per heavy atom. The third kappa shape index (κ3) is 3.85. The smallest absolute Gasteiger partial charge is 0.256 e. The predicted molar refractivity (Wildman–Crippen MR) is 96.5 cm³/mol. The van der Waals surface area contributed by atoms with Gasteiger partial charge in [0.25, 0.3) is 5.91 Å². The molecule has 0 bridgehead atoms. The Kier molecular flexibility index (Phi) is 6.15. The molecule has 0 aliphatic rings. The number of aromatic nitrogens is 1. The summed E-state index contributed by atoms with van der Waals surface area (Å²) >= 11 is 0. The van der Waals surface area contributed by atoms with Gasteiger partial charge in [0.1, 0.15) is 16.9 Å². The van der Waals surface area contributed by atoms with Crippen LogP contribution >= 0.6 is 0 Å². The number of methoxy groups -OCH3 is 2. The van der Waals surface area contributed by atoms with Crippen LogP contribution in [0.15, 0.2) is 30.5 Å². The molecule has 130 valence electrons. The van der Waals surface area contributed by atoms with Crippen LogP contribution in [0.4, 0.5) is 5.69 Å². The zero-order valence-electron chi connectivity index (χ0n) is 14.9. The number of unbranched alkanes of at least 4 members (excludes halogenated alkanes) is 2. The quantitative estimate of drug-likeness (QED) is 0.738. The van der Waals surface area contributed by atoms with Crippen LogP contribution in [0.3, 0.4) is 0 Å². The number of anilines is 1. The zero-order valence-corrected chi connectivity index (χ0v) is 14.9. The second-order valence-corrected chi connectivity index (χ2v) is 6.06. The van der Waals surface area contributed by atoms with Crippen molar-refractivity contribution < 1.29 is 14.3 Å². The molecule has 0 spiro atoms. The highest BCUT2D eigenvalue weighted by Gasteiger charge is 2.32. The zero-order chi connectivity index (χ0) is 17.6. The van der Waals surface area contributed by atoms with Crippen LogP contribution in [0, 0.1) is 0 Å². The van der Waals surface area contributed by atoms with Crippen molar-refractivity contribution in [3.8, 4) is 5.75 Å². The normalized spacial score (nSPS) is 13.5. The SMILES string of the molecule is CCCCCC(C)(OC)C(=O)Nc1ccc(OC)c2ncccc12. The van der Waals surface area contributed by atoms with Crippen molar-refractivity contribution in [2.45, 2.75) is 45.1 Å². The molecular formula is C19H26N2O3. The molecular weight excluding hydrogens is 304 g/mol. The number of rotatable bonds is 8. The van der Waals surface area contributed by atoms with Gasteiger partial charge in [-0.25, -0.2) is 0 Å². The first-order chi connectivity index (χ1) is 11.6. The molecule has 1 unspecified atom stereocenters. The van der Waals surface area contributed by atoms with Crippen LogP contribution in [0.2, 0.25) is 0 Å². The van der Waals surface area contributed by atoms with Gasteiger partial charge in [-0.1, -0.05) is 26.2 Å². The largest absolute Gasteiger partial charge is 0.494 e. The van der Waals surface area contributed by atoms with E-state index in [-0.39, 0.29) is 5.91 Å². The molecule has 5 heteroatoms. The van der Waals surface area contributed by atoms with Gasteiger partial charge >= 0.3 is 0 Å². The fourth-order valence-electron chi connectivity index (χ4n) is 2.70. The third-order valence-corrected chi connectivity index (χ3v) is 4.39. The Labute approximate surface area is 143 Å². The maximum Gasteiger partial charge on any atom is 0.256 e. The second kappa shape index (κ2) is 8.11. The average molecular weight is 330 g/mol. The lowest BCUT2D eigenvalue weighted by Gasteiger charge is -2.27. The molecule has 1 aromatic carbocycles. The van der Waals surface area contributed by atoms with Crippen molar-refractivity contribution in [3.05, 3.63) is 30.5 Å². The summed E-state index contributed by atoms with van der Waals surface area (Å²) in [7, 11) is 3.19. The number of nitrogens with zero attached hydrogens (tertiary/aromatic N) is 1. The Morgan fingerprint density at radius 3 is 2.71 bits per heavy atom. The maximum atomic E-state index is 12.8. The first-order valence-corrected chi connectivity index (χ1v) is 8.34. The molecule has 1 amide bonds. The molecule has 0 radical (unpaired) electrons. The molecule has 0 aliphatic heterocycles. The van der Waals surface area contributed by atoms with E-state index in [4.69, 9.17) is 9.47 Å². The fraction of sp³-hybridized carbons (Fsp3) is 0.474. The molecule has 1 aromatic heterocycles. The molecule has 2 rings (SSSR count). The third-order valence-electron chi connectivity index (χ3n) is 4.39. The van der Waals surface area contributed by atoms with Gasteiger partial charge < -0.3 is 14.8 Å². The van der Waals surface area contributed by atoms with Gasteiger partial charge in [-0.15, -0.1) is 0 Å². The molecule has 2 aromatic rings. The minimum absolute atomic E-state index is 0.142. The number of carbonyl (C=O) groups excluding carboxylic acids is 1. The lowest BCUT2D eigenvalue weighted by molar-refractivity contribution is -0.136. The van der Waals surface area contributed by atoms with Crippen molar-refractivity contribution in [2.75, 3.05) is 19.5 Å². The Bertz CT molecular complexity index is 702. The van der Waals surface area contributed by atoms with Gasteiger partial charge in [0.05, 0.1) is 12.8 Å². The number of benzene rings is 1. The fourth-order valence-corrected chi connectivity index (χ4v) is 2.70. The Balaban J connectivity index is 2.26. The molecule has 1 heterocycles. The van der Waals surface area contributed by atoms with Crippen molar-refractivity contribution in [3.63, 3.8) is 0 Å². The van der Waals surface area contributed by atoms with Gasteiger partial charge in [-0.05, 0) is 37.6 Å². The van der Waals surface area contributed by atoms with Crippen molar-refractivity contribution in [1.82, 2.24) is 4.98 Å². The van der Waals surface area contributed by atoms with E-state index in [1.165, 1.54) is 0 Å². The highest BCUT2D eigenvalue weighted by Crippen LogP contribution is 2.31. The summed E-state index contributed by atoms with van der Waals surface area (Å²) in [5, 5.41) is 3.84. The highest BCUT2D eigenvalue weighted by molar-refractivity contribution is 6.05. The monoisotopic (exact) mass is 330 g/mol. The molecule has 0 saturated heterocycles. The van der Waals surface area contributed by atoms with Crippen LogP contribution in [-0.4, -0.2) is 30.7 Å². The number of fused-ring (bicyclic) bond motifs is 1. The molecule has 0 fully saturated rings. The van der Waals surface area contributed by atoms with Gasteiger partial charge in [0.15, 0.2) is 0 Å². The van der Waals surface area contributed by atoms with Gasteiger partial charge in [-0.3, -0.25) is 9.78 Å². The minimum atomic E-state index is -0.844. The van der Waals surface area contributed by atoms with Gasteiger partial charge in [0, 0.05) is 18.7 Å². The van der Waals surface area contributed by atoms with Crippen LogP contribution in [0.25, 0.3) is 10.9 Å². The Hall–Kier alpha value is -2.14. The summed E-state index contributed by atoms with van der Waals surface area (Å²) in [5.41, 5.74) is 0.592. The lowest BCUT2D eigenvalue weighted by Crippen LogP contribution is -2.42. The van der Waals surface area contributed by atoms with Crippen LogP contribution in [0.1, 0.15) is 39.5 Å². The summed E-state index contributed by atoms with van der Waals surface area (Å²) in [4.78, 5) is 17.1. The van der Waals surface area contributed by atoms with E-state index in [1.54, 1.807) is 20.4 Å². The van der Waals surface area contributed by atoms with E-state index in [0.717, 1.165) is 30.2 Å². The average Bonchev–Trinajstić information content (AvgIpc) is 2.62. The van der Waals surface area contributed by atoms with E-state index >= 15 is 0 Å². The summed E-state index contributed by atoms with van der Waals surface area (Å²) in [5.74, 6) is 0.539. The number of hydrogen-bond donors (Lipinski definition) is 1. The molecule has 5 nitrogen and oxygen atoms in total. The van der Waals surface area contributed by atoms with E-state index in [2.05, 4.69) is 17.2 Å². The number of nitrogens with one attached hydrogen (secondary N) is 1. The number of amides is 1. The highest BCUT2D eigenvalue weighted by atomic mass is 16.5. The van der Waals surface area contributed by atoms with E-state index in [1.807, 2.05) is 31.2 Å². The summed E-state index contributed by atoms with van der Waals surface area (Å²) in [6, 6.07) is 7.41. The van der Waals surface area contributed by atoms with Crippen molar-refractivity contribution in [1.29, 1.82) is 0 Å². The molecule has 0 saturated carbocycles. The molecule has 24 heavy (non-hydrogen) atoms. The summed E-state index contributed by atoms with van der Waals surface area (Å²) < 4.78 is 10.9. The van der Waals surface area contributed by atoms with Crippen molar-refractivity contribution in [2.24, 2.45) is 0 Å².